The molecule has 0 saturated carbocycles. The fourth-order valence-corrected chi connectivity index (χ4v) is 3.01. The van der Waals surface area contributed by atoms with Crippen LogP contribution in [0.3, 0.4) is 0 Å². The minimum absolute atomic E-state index is 0.0168. The van der Waals surface area contributed by atoms with Crippen LogP contribution in [0.2, 0.25) is 0 Å². The van der Waals surface area contributed by atoms with Crippen LogP contribution in [-0.2, 0) is 6.54 Å². The summed E-state index contributed by atoms with van der Waals surface area (Å²) in [5.74, 6) is 0.0168. The molecule has 25 heavy (non-hydrogen) atoms. The van der Waals surface area contributed by atoms with Crippen LogP contribution in [-0.4, -0.2) is 36.5 Å². The number of nitrogens with one attached hydrogen (secondary N) is 1. The van der Waals surface area contributed by atoms with Crippen LogP contribution < -0.4 is 10.2 Å². The van der Waals surface area contributed by atoms with Gasteiger partial charge in [0, 0.05) is 37.4 Å². The summed E-state index contributed by atoms with van der Waals surface area (Å²) in [6.07, 6.45) is 0.907. The van der Waals surface area contributed by atoms with E-state index in [0.29, 0.717) is 31.7 Å². The Kier molecular flexibility index (Phi) is 5.33. The van der Waals surface area contributed by atoms with Gasteiger partial charge in [-0.25, -0.2) is 4.79 Å². The van der Waals surface area contributed by atoms with E-state index in [-0.39, 0.29) is 11.9 Å². The minimum Gasteiger partial charge on any atom is -0.336 e. The van der Waals surface area contributed by atoms with Gasteiger partial charge in [0.15, 0.2) is 0 Å². The number of nitrogens with zero attached hydrogens (tertiary/aromatic N) is 2. The van der Waals surface area contributed by atoms with Crippen LogP contribution in [0, 0.1) is 0 Å². The maximum Gasteiger partial charge on any atom is 0.321 e. The molecule has 1 fully saturated rings. The number of anilines is 1. The molecule has 0 aliphatic carbocycles. The number of rotatable bonds is 6. The van der Waals surface area contributed by atoms with Gasteiger partial charge in [-0.3, -0.25) is 9.69 Å². The summed E-state index contributed by atoms with van der Waals surface area (Å²) >= 11 is 0. The molecule has 0 atom stereocenters. The highest BCUT2D eigenvalue weighted by atomic mass is 16.2. The van der Waals surface area contributed by atoms with E-state index in [1.807, 2.05) is 47.4 Å². The summed E-state index contributed by atoms with van der Waals surface area (Å²) in [5, 5.41) is 2.78. The Bertz CT molecular complexity index is 728. The third-order valence-corrected chi connectivity index (χ3v) is 4.28. The Balaban J connectivity index is 1.74. The number of amides is 3. The molecule has 1 saturated heterocycles. The number of benzene rings is 2. The Hall–Kier alpha value is -2.82. The molecule has 3 amide bonds. The number of carbonyl (C=O) groups excluding carboxylic acids is 2. The van der Waals surface area contributed by atoms with Gasteiger partial charge < -0.3 is 10.2 Å². The first kappa shape index (κ1) is 17.0. The molecule has 0 bridgehead atoms. The summed E-state index contributed by atoms with van der Waals surface area (Å²) in [5.41, 5.74) is 2.58. The molecular weight excluding hydrogens is 314 g/mol. The predicted octanol–water partition coefficient (Wildman–Crippen LogP) is 3.27. The molecule has 5 heteroatoms. The summed E-state index contributed by atoms with van der Waals surface area (Å²) < 4.78 is 0. The molecule has 1 aliphatic rings. The van der Waals surface area contributed by atoms with E-state index in [4.69, 9.17) is 0 Å². The molecule has 0 spiro atoms. The van der Waals surface area contributed by atoms with Crippen molar-refractivity contribution in [3.05, 3.63) is 65.7 Å². The fraction of sp³-hybridized carbons (Fsp3) is 0.300. The summed E-state index contributed by atoms with van der Waals surface area (Å²) in [4.78, 5) is 28.1. The van der Waals surface area contributed by atoms with Crippen molar-refractivity contribution in [2.45, 2.75) is 19.9 Å². The lowest BCUT2D eigenvalue weighted by Crippen LogP contribution is -2.31. The largest absolute Gasteiger partial charge is 0.336 e. The first-order valence-electron chi connectivity index (χ1n) is 8.67. The fourth-order valence-electron chi connectivity index (χ4n) is 3.01. The van der Waals surface area contributed by atoms with E-state index >= 15 is 0 Å². The standard InChI is InChI=1S/C20H23N3O2/c1-2-13-22(15-16-6-4-3-5-7-16)19(24)17-8-10-18(11-9-17)23-14-12-21-20(23)25/h3-11H,2,12-15H2,1H3,(H,21,25). The lowest BCUT2D eigenvalue weighted by molar-refractivity contribution is 0.0743. The zero-order valence-corrected chi connectivity index (χ0v) is 14.4. The van der Waals surface area contributed by atoms with Crippen molar-refractivity contribution >= 4 is 17.6 Å². The molecule has 2 aromatic carbocycles. The monoisotopic (exact) mass is 337 g/mol. The number of hydrogen-bond acceptors (Lipinski definition) is 2. The Labute approximate surface area is 148 Å². The van der Waals surface area contributed by atoms with Gasteiger partial charge in [-0.15, -0.1) is 0 Å². The highest BCUT2D eigenvalue weighted by Gasteiger charge is 2.22. The summed E-state index contributed by atoms with van der Waals surface area (Å²) in [6, 6.07) is 17.2. The SMILES string of the molecule is CCCN(Cc1ccccc1)C(=O)c1ccc(N2CCNC2=O)cc1. The Morgan fingerprint density at radius 1 is 1.12 bits per heavy atom. The van der Waals surface area contributed by atoms with Crippen molar-refractivity contribution in [1.29, 1.82) is 0 Å². The zero-order valence-electron chi connectivity index (χ0n) is 14.4. The zero-order chi connectivity index (χ0) is 17.6. The van der Waals surface area contributed by atoms with Crippen LogP contribution in [0.4, 0.5) is 10.5 Å². The second-order valence-electron chi connectivity index (χ2n) is 6.14. The lowest BCUT2D eigenvalue weighted by atomic mass is 10.1. The van der Waals surface area contributed by atoms with Crippen LogP contribution in [0.1, 0.15) is 29.3 Å². The van der Waals surface area contributed by atoms with Gasteiger partial charge in [-0.1, -0.05) is 37.3 Å². The van der Waals surface area contributed by atoms with Crippen molar-refractivity contribution < 1.29 is 9.59 Å². The first-order valence-corrected chi connectivity index (χ1v) is 8.67. The van der Waals surface area contributed by atoms with Crippen LogP contribution >= 0.6 is 0 Å². The number of hydrogen-bond donors (Lipinski definition) is 1. The Morgan fingerprint density at radius 2 is 1.84 bits per heavy atom. The predicted molar refractivity (Wildman–Crippen MR) is 98.7 cm³/mol. The third kappa shape index (κ3) is 3.99. The highest BCUT2D eigenvalue weighted by Crippen LogP contribution is 2.19. The highest BCUT2D eigenvalue weighted by molar-refractivity contribution is 5.97. The molecule has 3 rings (SSSR count). The average Bonchev–Trinajstić information content (AvgIpc) is 3.08. The molecular formula is C20H23N3O2. The second-order valence-corrected chi connectivity index (χ2v) is 6.14. The first-order chi connectivity index (χ1) is 12.2. The summed E-state index contributed by atoms with van der Waals surface area (Å²) in [7, 11) is 0. The topological polar surface area (TPSA) is 52.7 Å². The molecule has 1 aliphatic heterocycles. The molecule has 0 radical (unpaired) electrons. The van der Waals surface area contributed by atoms with Gasteiger partial charge in [0.25, 0.3) is 5.91 Å². The molecule has 1 heterocycles. The van der Waals surface area contributed by atoms with Crippen LogP contribution in [0.5, 0.6) is 0 Å². The maximum absolute atomic E-state index is 12.9. The van der Waals surface area contributed by atoms with Crippen molar-refractivity contribution in [2.24, 2.45) is 0 Å². The lowest BCUT2D eigenvalue weighted by Gasteiger charge is -2.23. The second kappa shape index (κ2) is 7.83. The van der Waals surface area contributed by atoms with Crippen molar-refractivity contribution in [3.63, 3.8) is 0 Å². The molecule has 2 aromatic rings. The van der Waals surface area contributed by atoms with Crippen LogP contribution in [0.25, 0.3) is 0 Å². The molecule has 5 nitrogen and oxygen atoms in total. The molecule has 0 unspecified atom stereocenters. The molecule has 0 aromatic heterocycles. The van der Waals surface area contributed by atoms with Gasteiger partial charge >= 0.3 is 6.03 Å². The Morgan fingerprint density at radius 3 is 2.44 bits per heavy atom. The van der Waals surface area contributed by atoms with Gasteiger partial charge in [0.05, 0.1) is 0 Å². The minimum atomic E-state index is -0.0873. The van der Waals surface area contributed by atoms with Gasteiger partial charge in [0.2, 0.25) is 0 Å². The molecule has 130 valence electrons. The van der Waals surface area contributed by atoms with E-state index in [0.717, 1.165) is 17.7 Å². The average molecular weight is 337 g/mol. The normalized spacial score (nSPS) is 13.6. The van der Waals surface area contributed by atoms with Gasteiger partial charge in [-0.2, -0.15) is 0 Å². The van der Waals surface area contributed by atoms with E-state index < -0.39 is 0 Å². The smallest absolute Gasteiger partial charge is 0.321 e. The van der Waals surface area contributed by atoms with E-state index in [2.05, 4.69) is 12.2 Å². The molecule has 1 N–H and O–H groups in total. The van der Waals surface area contributed by atoms with E-state index in [1.165, 1.54) is 0 Å². The van der Waals surface area contributed by atoms with E-state index in [9.17, 15) is 9.59 Å². The van der Waals surface area contributed by atoms with Crippen molar-refractivity contribution in [2.75, 3.05) is 24.5 Å². The quantitative estimate of drug-likeness (QED) is 0.879. The third-order valence-electron chi connectivity index (χ3n) is 4.28. The van der Waals surface area contributed by atoms with Crippen molar-refractivity contribution in [3.8, 4) is 0 Å². The van der Waals surface area contributed by atoms with Gasteiger partial charge in [-0.05, 0) is 36.2 Å². The van der Waals surface area contributed by atoms with Crippen LogP contribution in [0.15, 0.2) is 54.6 Å². The summed E-state index contributed by atoms with van der Waals surface area (Å²) in [6.45, 7) is 4.69. The maximum atomic E-state index is 12.9. The van der Waals surface area contributed by atoms with E-state index in [1.54, 1.807) is 17.0 Å². The van der Waals surface area contributed by atoms with Gasteiger partial charge in [0.1, 0.15) is 0 Å². The number of urea groups is 1. The number of carbonyl (C=O) groups is 2. The van der Waals surface area contributed by atoms with Crippen molar-refractivity contribution in [1.82, 2.24) is 10.2 Å².